The third kappa shape index (κ3) is 2.75. The first kappa shape index (κ1) is 12.6. The minimum absolute atomic E-state index is 0.122. The summed E-state index contributed by atoms with van der Waals surface area (Å²) < 4.78 is 0. The van der Waals surface area contributed by atoms with Crippen LogP contribution in [0.1, 0.15) is 32.3 Å². The van der Waals surface area contributed by atoms with Crippen molar-refractivity contribution in [3.05, 3.63) is 29.8 Å². The summed E-state index contributed by atoms with van der Waals surface area (Å²) in [6.07, 6.45) is 0. The molecule has 1 aromatic rings. The molecule has 0 saturated heterocycles. The van der Waals surface area contributed by atoms with E-state index in [9.17, 15) is 4.79 Å². The predicted octanol–water partition coefficient (Wildman–Crippen LogP) is 2.24. The second kappa shape index (κ2) is 5.54. The van der Waals surface area contributed by atoms with Crippen LogP contribution in [0.25, 0.3) is 0 Å². The molecule has 1 unspecified atom stereocenters. The number of nitrogens with two attached hydrogens (primary N) is 1. The van der Waals surface area contributed by atoms with Gasteiger partial charge in [0.1, 0.15) is 0 Å². The highest BCUT2D eigenvalue weighted by molar-refractivity contribution is 5.83. The monoisotopic (exact) mass is 220 g/mol. The second-order valence-electron chi connectivity index (χ2n) is 3.90. The summed E-state index contributed by atoms with van der Waals surface area (Å²) >= 11 is 0. The zero-order valence-corrected chi connectivity index (χ0v) is 10.2. The number of nitrogens with zero attached hydrogens (tertiary/aromatic N) is 1. The van der Waals surface area contributed by atoms with Gasteiger partial charge in [-0.15, -0.1) is 0 Å². The Labute approximate surface area is 97.2 Å². The van der Waals surface area contributed by atoms with Gasteiger partial charge in [-0.25, -0.2) is 0 Å². The summed E-state index contributed by atoms with van der Waals surface area (Å²) in [7, 11) is 0. The first-order valence-electron chi connectivity index (χ1n) is 5.74. The van der Waals surface area contributed by atoms with E-state index in [4.69, 9.17) is 5.73 Å². The van der Waals surface area contributed by atoms with Crippen LogP contribution in [-0.2, 0) is 4.79 Å². The quantitative estimate of drug-likeness (QED) is 0.791. The molecule has 1 aromatic carbocycles. The topological polar surface area (TPSA) is 46.3 Å². The Hall–Kier alpha value is -1.51. The van der Waals surface area contributed by atoms with Crippen LogP contribution in [0.5, 0.6) is 0 Å². The number of hydrogen-bond acceptors (Lipinski definition) is 2. The Morgan fingerprint density at radius 1 is 1.38 bits per heavy atom. The fourth-order valence-corrected chi connectivity index (χ4v) is 1.78. The van der Waals surface area contributed by atoms with Crippen molar-refractivity contribution in [2.45, 2.75) is 26.7 Å². The fraction of sp³-hybridized carbons (Fsp3) is 0.462. The molecular weight excluding hydrogens is 200 g/mol. The highest BCUT2D eigenvalue weighted by atomic mass is 16.2. The van der Waals surface area contributed by atoms with E-state index in [1.165, 1.54) is 0 Å². The van der Waals surface area contributed by atoms with Crippen LogP contribution in [-0.4, -0.2) is 23.9 Å². The molecular formula is C13H20N2O. The molecule has 3 nitrogen and oxygen atoms in total. The lowest BCUT2D eigenvalue weighted by Gasteiger charge is -2.23. The van der Waals surface area contributed by atoms with E-state index in [1.807, 2.05) is 49.9 Å². The van der Waals surface area contributed by atoms with Gasteiger partial charge in [0, 0.05) is 18.8 Å². The number of carbonyl (C=O) groups is 1. The van der Waals surface area contributed by atoms with Crippen LogP contribution >= 0.6 is 0 Å². The Morgan fingerprint density at radius 3 is 2.50 bits per heavy atom. The van der Waals surface area contributed by atoms with Gasteiger partial charge < -0.3 is 10.6 Å². The average Bonchev–Trinajstić information content (AvgIpc) is 2.29. The number of likely N-dealkylation sites (N-methyl/N-ethyl adjacent to an activating group) is 1. The van der Waals surface area contributed by atoms with E-state index in [0.29, 0.717) is 5.69 Å². The van der Waals surface area contributed by atoms with E-state index in [2.05, 4.69) is 0 Å². The lowest BCUT2D eigenvalue weighted by Crippen LogP contribution is -2.33. The lowest BCUT2D eigenvalue weighted by atomic mass is 9.99. The second-order valence-corrected chi connectivity index (χ2v) is 3.90. The first-order valence-corrected chi connectivity index (χ1v) is 5.74. The van der Waals surface area contributed by atoms with E-state index in [-0.39, 0.29) is 11.8 Å². The minimum atomic E-state index is -0.122. The molecule has 0 aliphatic heterocycles. The molecule has 88 valence electrons. The van der Waals surface area contributed by atoms with Crippen LogP contribution in [0.4, 0.5) is 5.69 Å². The highest BCUT2D eigenvalue weighted by Crippen LogP contribution is 2.19. The molecule has 16 heavy (non-hydrogen) atoms. The number of benzene rings is 1. The van der Waals surface area contributed by atoms with E-state index in [0.717, 1.165) is 18.7 Å². The van der Waals surface area contributed by atoms with Gasteiger partial charge in [-0.2, -0.15) is 0 Å². The lowest BCUT2D eigenvalue weighted by molar-refractivity contribution is -0.132. The molecule has 2 N–H and O–H groups in total. The molecule has 0 bridgehead atoms. The van der Waals surface area contributed by atoms with Gasteiger partial charge in [0.2, 0.25) is 5.91 Å². The molecule has 1 rings (SSSR count). The van der Waals surface area contributed by atoms with Crippen LogP contribution in [0, 0.1) is 0 Å². The molecule has 3 heteroatoms. The number of rotatable bonds is 4. The number of anilines is 1. The summed E-state index contributed by atoms with van der Waals surface area (Å²) in [6.45, 7) is 7.42. The number of carbonyl (C=O) groups excluding carboxylic acids is 1. The standard InChI is InChI=1S/C13H20N2O/c1-4-15(5-2)13(16)10(3)11-7-6-8-12(14)9-11/h6-10H,4-5,14H2,1-3H3. The summed E-state index contributed by atoms with van der Waals surface area (Å²) in [5, 5.41) is 0. The Balaban J connectivity index is 2.85. The van der Waals surface area contributed by atoms with Crippen LogP contribution in [0.3, 0.4) is 0 Å². The smallest absolute Gasteiger partial charge is 0.229 e. The van der Waals surface area contributed by atoms with E-state index < -0.39 is 0 Å². The van der Waals surface area contributed by atoms with Gasteiger partial charge in [0.25, 0.3) is 0 Å². The van der Waals surface area contributed by atoms with Gasteiger partial charge in [-0.05, 0) is 38.5 Å². The van der Waals surface area contributed by atoms with Gasteiger partial charge in [-0.3, -0.25) is 4.79 Å². The molecule has 0 aromatic heterocycles. The number of amides is 1. The predicted molar refractivity (Wildman–Crippen MR) is 67.2 cm³/mol. The van der Waals surface area contributed by atoms with Crippen LogP contribution in [0.15, 0.2) is 24.3 Å². The maximum Gasteiger partial charge on any atom is 0.229 e. The van der Waals surface area contributed by atoms with Crippen molar-refractivity contribution in [1.82, 2.24) is 4.90 Å². The normalized spacial score (nSPS) is 12.2. The van der Waals surface area contributed by atoms with Crippen molar-refractivity contribution >= 4 is 11.6 Å². The van der Waals surface area contributed by atoms with E-state index >= 15 is 0 Å². The zero-order chi connectivity index (χ0) is 12.1. The molecule has 0 spiro atoms. The molecule has 0 aliphatic carbocycles. The fourth-order valence-electron chi connectivity index (χ4n) is 1.78. The van der Waals surface area contributed by atoms with Crippen molar-refractivity contribution in [3.8, 4) is 0 Å². The molecule has 0 fully saturated rings. The summed E-state index contributed by atoms with van der Waals surface area (Å²) in [4.78, 5) is 13.9. The van der Waals surface area contributed by atoms with Gasteiger partial charge in [0.05, 0.1) is 5.92 Å². The van der Waals surface area contributed by atoms with Gasteiger partial charge in [-0.1, -0.05) is 12.1 Å². The van der Waals surface area contributed by atoms with Crippen LogP contribution < -0.4 is 5.73 Å². The largest absolute Gasteiger partial charge is 0.399 e. The molecule has 1 atom stereocenters. The Bertz CT molecular complexity index is 359. The Kier molecular flexibility index (Phi) is 4.35. The maximum atomic E-state index is 12.1. The maximum absolute atomic E-state index is 12.1. The number of hydrogen-bond donors (Lipinski definition) is 1. The molecule has 0 aliphatic rings. The highest BCUT2D eigenvalue weighted by Gasteiger charge is 2.19. The summed E-state index contributed by atoms with van der Waals surface area (Å²) in [6, 6.07) is 7.53. The SMILES string of the molecule is CCN(CC)C(=O)C(C)c1cccc(N)c1. The minimum Gasteiger partial charge on any atom is -0.399 e. The molecule has 1 amide bonds. The van der Waals surface area contributed by atoms with Crippen molar-refractivity contribution < 1.29 is 4.79 Å². The van der Waals surface area contributed by atoms with Crippen molar-refractivity contribution in [3.63, 3.8) is 0 Å². The first-order chi connectivity index (χ1) is 7.60. The van der Waals surface area contributed by atoms with Crippen molar-refractivity contribution in [1.29, 1.82) is 0 Å². The average molecular weight is 220 g/mol. The molecule has 0 heterocycles. The third-order valence-corrected chi connectivity index (χ3v) is 2.86. The third-order valence-electron chi connectivity index (χ3n) is 2.86. The van der Waals surface area contributed by atoms with Crippen LogP contribution in [0.2, 0.25) is 0 Å². The van der Waals surface area contributed by atoms with Gasteiger partial charge in [0.15, 0.2) is 0 Å². The molecule has 0 radical (unpaired) electrons. The summed E-state index contributed by atoms with van der Waals surface area (Å²) in [5.74, 6) is 0.0407. The Morgan fingerprint density at radius 2 is 2.00 bits per heavy atom. The van der Waals surface area contributed by atoms with Crippen molar-refractivity contribution in [2.75, 3.05) is 18.8 Å². The van der Waals surface area contributed by atoms with E-state index in [1.54, 1.807) is 0 Å². The van der Waals surface area contributed by atoms with Gasteiger partial charge >= 0.3 is 0 Å². The number of nitrogen functional groups attached to an aromatic ring is 1. The zero-order valence-electron chi connectivity index (χ0n) is 10.2. The summed E-state index contributed by atoms with van der Waals surface area (Å²) in [5.41, 5.74) is 7.40. The van der Waals surface area contributed by atoms with Crippen molar-refractivity contribution in [2.24, 2.45) is 0 Å². The molecule has 0 saturated carbocycles.